The van der Waals surface area contributed by atoms with Crippen LogP contribution in [0.4, 0.5) is 0 Å². The van der Waals surface area contributed by atoms with Crippen molar-refractivity contribution >= 4 is 5.78 Å². The van der Waals surface area contributed by atoms with Gasteiger partial charge in [-0.3, -0.25) is 4.79 Å². The van der Waals surface area contributed by atoms with Crippen molar-refractivity contribution in [2.45, 2.75) is 77.7 Å². The molecule has 1 unspecified atom stereocenters. The van der Waals surface area contributed by atoms with E-state index in [9.17, 15) is 9.90 Å². The molecule has 0 aliphatic heterocycles. The molecule has 0 bridgehead atoms. The number of carbonyl (C=O) groups is 1. The molecule has 0 aliphatic carbocycles. The summed E-state index contributed by atoms with van der Waals surface area (Å²) >= 11 is 0. The molecular weight excluding hydrogens is 188 g/mol. The van der Waals surface area contributed by atoms with Crippen LogP contribution in [-0.2, 0) is 4.79 Å². The van der Waals surface area contributed by atoms with E-state index in [1.165, 1.54) is 25.7 Å². The van der Waals surface area contributed by atoms with Gasteiger partial charge in [0.25, 0.3) is 0 Å². The molecule has 0 aromatic rings. The van der Waals surface area contributed by atoms with Crippen LogP contribution in [0.15, 0.2) is 0 Å². The molecule has 90 valence electrons. The van der Waals surface area contributed by atoms with E-state index >= 15 is 0 Å². The molecule has 0 heterocycles. The molecule has 1 atom stereocenters. The number of unbranched alkanes of at least 4 members (excludes halogenated alkanes) is 4. The van der Waals surface area contributed by atoms with Crippen molar-refractivity contribution in [3.8, 4) is 0 Å². The van der Waals surface area contributed by atoms with Gasteiger partial charge in [0.05, 0.1) is 6.10 Å². The first-order valence-corrected chi connectivity index (χ1v) is 6.40. The predicted molar refractivity (Wildman–Crippen MR) is 63.9 cm³/mol. The second-order valence-corrected chi connectivity index (χ2v) is 4.29. The van der Waals surface area contributed by atoms with Crippen molar-refractivity contribution in [3.05, 3.63) is 0 Å². The first kappa shape index (κ1) is 14.6. The van der Waals surface area contributed by atoms with Crippen molar-refractivity contribution in [1.29, 1.82) is 0 Å². The van der Waals surface area contributed by atoms with Crippen LogP contribution in [0, 0.1) is 0 Å². The average molecular weight is 214 g/mol. The normalized spacial score (nSPS) is 12.7. The summed E-state index contributed by atoms with van der Waals surface area (Å²) < 4.78 is 0. The lowest BCUT2D eigenvalue weighted by molar-refractivity contribution is -0.119. The molecule has 2 heteroatoms. The molecule has 0 amide bonds. The topological polar surface area (TPSA) is 37.3 Å². The number of carbonyl (C=O) groups excluding carboxylic acids is 1. The number of ketones is 1. The van der Waals surface area contributed by atoms with Crippen LogP contribution in [0.25, 0.3) is 0 Å². The monoisotopic (exact) mass is 214 g/mol. The Kier molecular flexibility index (Phi) is 9.91. The van der Waals surface area contributed by atoms with Crippen molar-refractivity contribution in [2.75, 3.05) is 0 Å². The van der Waals surface area contributed by atoms with Crippen molar-refractivity contribution < 1.29 is 9.90 Å². The molecule has 0 radical (unpaired) electrons. The molecule has 1 N–H and O–H groups in total. The van der Waals surface area contributed by atoms with E-state index in [2.05, 4.69) is 6.92 Å². The van der Waals surface area contributed by atoms with Gasteiger partial charge in [0, 0.05) is 12.8 Å². The van der Waals surface area contributed by atoms with E-state index in [0.717, 1.165) is 12.8 Å². The lowest BCUT2D eigenvalue weighted by Gasteiger charge is -2.09. The van der Waals surface area contributed by atoms with E-state index < -0.39 is 0 Å². The van der Waals surface area contributed by atoms with Gasteiger partial charge < -0.3 is 5.11 Å². The zero-order valence-corrected chi connectivity index (χ0v) is 10.3. The largest absolute Gasteiger partial charge is 0.393 e. The third-order valence-corrected chi connectivity index (χ3v) is 2.79. The summed E-state index contributed by atoms with van der Waals surface area (Å²) in [6, 6.07) is 0. The quantitative estimate of drug-likeness (QED) is 0.565. The van der Waals surface area contributed by atoms with Gasteiger partial charge in [-0.25, -0.2) is 0 Å². The maximum atomic E-state index is 11.0. The minimum atomic E-state index is -0.262. The summed E-state index contributed by atoms with van der Waals surface area (Å²) in [4.78, 5) is 11.0. The number of aliphatic hydroxyl groups excluding tert-OH is 1. The fourth-order valence-corrected chi connectivity index (χ4v) is 1.63. The van der Waals surface area contributed by atoms with Gasteiger partial charge in [-0.2, -0.15) is 0 Å². The number of aliphatic hydroxyl groups is 1. The standard InChI is InChI=1S/C13H26O2/c1-3-5-6-7-8-9-13(15)11-10-12(14)4-2/h13,15H,3-11H2,1-2H3. The minimum absolute atomic E-state index is 0.262. The number of Topliss-reactive ketones (excluding diaryl/α,β-unsaturated/α-hetero) is 1. The molecule has 2 nitrogen and oxygen atoms in total. The first-order valence-electron chi connectivity index (χ1n) is 6.40. The first-order chi connectivity index (χ1) is 7.20. The lowest BCUT2D eigenvalue weighted by Crippen LogP contribution is -2.09. The van der Waals surface area contributed by atoms with Gasteiger partial charge >= 0.3 is 0 Å². The lowest BCUT2D eigenvalue weighted by atomic mass is 10.0. The van der Waals surface area contributed by atoms with Crippen molar-refractivity contribution in [1.82, 2.24) is 0 Å². The van der Waals surface area contributed by atoms with E-state index in [-0.39, 0.29) is 11.9 Å². The van der Waals surface area contributed by atoms with Crippen LogP contribution >= 0.6 is 0 Å². The predicted octanol–water partition coefficient (Wildman–Crippen LogP) is 3.47. The SMILES string of the molecule is CCCCCCCC(O)CCC(=O)CC. The maximum absolute atomic E-state index is 11.0. The summed E-state index contributed by atoms with van der Waals surface area (Å²) in [5, 5.41) is 9.60. The Morgan fingerprint density at radius 3 is 2.33 bits per heavy atom. The fraction of sp³-hybridized carbons (Fsp3) is 0.923. The average Bonchev–Trinajstić information content (AvgIpc) is 2.25. The maximum Gasteiger partial charge on any atom is 0.132 e. The van der Waals surface area contributed by atoms with Gasteiger partial charge in [0.1, 0.15) is 5.78 Å². The number of hydrogen-bond donors (Lipinski definition) is 1. The van der Waals surface area contributed by atoms with E-state index in [1.54, 1.807) is 0 Å². The number of hydrogen-bond acceptors (Lipinski definition) is 2. The van der Waals surface area contributed by atoms with Crippen molar-refractivity contribution in [3.63, 3.8) is 0 Å². The van der Waals surface area contributed by atoms with Crippen LogP contribution in [0.3, 0.4) is 0 Å². The Morgan fingerprint density at radius 2 is 1.73 bits per heavy atom. The Bertz CT molecular complexity index is 155. The smallest absolute Gasteiger partial charge is 0.132 e. The highest BCUT2D eigenvalue weighted by Crippen LogP contribution is 2.10. The highest BCUT2D eigenvalue weighted by atomic mass is 16.3. The second kappa shape index (κ2) is 10.2. The summed E-state index contributed by atoms with van der Waals surface area (Å²) in [7, 11) is 0. The van der Waals surface area contributed by atoms with Crippen LogP contribution in [0.1, 0.15) is 71.6 Å². The van der Waals surface area contributed by atoms with E-state index in [0.29, 0.717) is 19.3 Å². The van der Waals surface area contributed by atoms with Gasteiger partial charge in [0.2, 0.25) is 0 Å². The Labute approximate surface area is 94.1 Å². The van der Waals surface area contributed by atoms with E-state index in [4.69, 9.17) is 0 Å². The van der Waals surface area contributed by atoms with Gasteiger partial charge in [-0.15, -0.1) is 0 Å². The third-order valence-electron chi connectivity index (χ3n) is 2.79. The molecule has 0 fully saturated rings. The highest BCUT2D eigenvalue weighted by molar-refractivity contribution is 5.77. The summed E-state index contributed by atoms with van der Waals surface area (Å²) in [5.41, 5.74) is 0. The third kappa shape index (κ3) is 9.92. The van der Waals surface area contributed by atoms with Crippen molar-refractivity contribution in [2.24, 2.45) is 0 Å². The molecule has 0 aromatic heterocycles. The highest BCUT2D eigenvalue weighted by Gasteiger charge is 2.06. The number of rotatable bonds is 10. The Hall–Kier alpha value is -0.370. The molecular formula is C13H26O2. The molecule has 15 heavy (non-hydrogen) atoms. The van der Waals surface area contributed by atoms with Gasteiger partial charge in [-0.05, 0) is 12.8 Å². The molecule has 0 saturated heterocycles. The summed E-state index contributed by atoms with van der Waals surface area (Å²) in [6.07, 6.45) is 8.54. The van der Waals surface area contributed by atoms with E-state index in [1.807, 2.05) is 6.92 Å². The van der Waals surface area contributed by atoms with Crippen LogP contribution in [0.5, 0.6) is 0 Å². The second-order valence-electron chi connectivity index (χ2n) is 4.29. The molecule has 0 spiro atoms. The fourth-order valence-electron chi connectivity index (χ4n) is 1.63. The summed E-state index contributed by atoms with van der Waals surface area (Å²) in [6.45, 7) is 4.07. The zero-order chi connectivity index (χ0) is 11.5. The van der Waals surface area contributed by atoms with Gasteiger partial charge in [-0.1, -0.05) is 46.0 Å². The molecule has 0 aromatic carbocycles. The van der Waals surface area contributed by atoms with Crippen LogP contribution in [-0.4, -0.2) is 17.0 Å². The molecule has 0 rings (SSSR count). The van der Waals surface area contributed by atoms with Gasteiger partial charge in [0.15, 0.2) is 0 Å². The Balaban J connectivity index is 3.25. The zero-order valence-electron chi connectivity index (χ0n) is 10.3. The molecule has 0 saturated carbocycles. The Morgan fingerprint density at radius 1 is 1.07 bits per heavy atom. The molecule has 0 aliphatic rings. The van der Waals surface area contributed by atoms with Crippen LogP contribution in [0.2, 0.25) is 0 Å². The van der Waals surface area contributed by atoms with Crippen LogP contribution < -0.4 is 0 Å². The summed E-state index contributed by atoms with van der Waals surface area (Å²) in [5.74, 6) is 0.264. The minimum Gasteiger partial charge on any atom is -0.393 e.